The van der Waals surface area contributed by atoms with Gasteiger partial charge in [-0.1, -0.05) is 42.5 Å². The van der Waals surface area contributed by atoms with E-state index in [1.807, 2.05) is 25.8 Å². The fraction of sp³-hybridized carbons (Fsp3) is 0.0556. The van der Waals surface area contributed by atoms with Gasteiger partial charge in [0.25, 0.3) is 0 Å². The number of fused-ring (bicyclic) bond motifs is 1. The molecule has 0 amide bonds. The van der Waals surface area contributed by atoms with Crippen LogP contribution >= 0.6 is 0 Å². The van der Waals surface area contributed by atoms with Gasteiger partial charge in [0.15, 0.2) is 0 Å². The first kappa shape index (κ1) is 13.8. The zero-order valence-electron chi connectivity index (χ0n) is 11.3. The van der Waals surface area contributed by atoms with Crippen LogP contribution in [0.4, 0.5) is 0 Å². The molecule has 3 aromatic rings. The van der Waals surface area contributed by atoms with Gasteiger partial charge < -0.3 is 9.90 Å². The SMILES string of the molecule is C=O.Cc1cc(O)cc(-c2ccc3ccccc3c2)c1. The summed E-state index contributed by atoms with van der Waals surface area (Å²) in [5.41, 5.74) is 3.25. The Bertz CT molecular complexity index is 712. The van der Waals surface area contributed by atoms with Crippen molar-refractivity contribution in [3.8, 4) is 16.9 Å². The van der Waals surface area contributed by atoms with Crippen LogP contribution in [0.2, 0.25) is 0 Å². The Kier molecular flexibility index (Phi) is 4.16. The second-order valence-corrected chi connectivity index (χ2v) is 4.62. The highest BCUT2D eigenvalue weighted by molar-refractivity contribution is 5.87. The Morgan fingerprint density at radius 2 is 1.50 bits per heavy atom. The van der Waals surface area contributed by atoms with E-state index in [1.165, 1.54) is 10.8 Å². The summed E-state index contributed by atoms with van der Waals surface area (Å²) in [6.45, 7) is 3.99. The highest BCUT2D eigenvalue weighted by atomic mass is 16.3. The van der Waals surface area contributed by atoms with Gasteiger partial charge >= 0.3 is 0 Å². The normalized spacial score (nSPS) is 9.85. The summed E-state index contributed by atoms with van der Waals surface area (Å²) < 4.78 is 0. The lowest BCUT2D eigenvalue weighted by atomic mass is 10.00. The van der Waals surface area contributed by atoms with E-state index in [-0.39, 0.29) is 0 Å². The van der Waals surface area contributed by atoms with Gasteiger partial charge in [-0.15, -0.1) is 0 Å². The van der Waals surface area contributed by atoms with Crippen molar-refractivity contribution < 1.29 is 9.90 Å². The molecule has 0 aliphatic heterocycles. The maximum Gasteiger partial charge on any atom is 0.116 e. The van der Waals surface area contributed by atoms with Crippen LogP contribution in [-0.2, 0) is 4.79 Å². The number of phenols is 1. The van der Waals surface area contributed by atoms with Crippen molar-refractivity contribution in [1.29, 1.82) is 0 Å². The molecule has 0 saturated carbocycles. The average molecular weight is 264 g/mol. The fourth-order valence-corrected chi connectivity index (χ4v) is 2.30. The zero-order chi connectivity index (χ0) is 14.5. The molecule has 2 nitrogen and oxygen atoms in total. The third kappa shape index (κ3) is 2.86. The number of aromatic hydroxyl groups is 1. The average Bonchev–Trinajstić information content (AvgIpc) is 2.48. The molecule has 100 valence electrons. The van der Waals surface area contributed by atoms with E-state index in [4.69, 9.17) is 4.79 Å². The summed E-state index contributed by atoms with van der Waals surface area (Å²) in [6, 6.07) is 20.3. The Morgan fingerprint density at radius 1 is 0.800 bits per heavy atom. The molecule has 0 fully saturated rings. The number of hydrogen-bond donors (Lipinski definition) is 1. The number of aryl methyl sites for hydroxylation is 1. The third-order valence-corrected chi connectivity index (χ3v) is 3.14. The molecule has 0 bridgehead atoms. The lowest BCUT2D eigenvalue weighted by molar-refractivity contribution is -0.0979. The van der Waals surface area contributed by atoms with Crippen molar-refractivity contribution >= 4 is 17.6 Å². The minimum atomic E-state index is 0.318. The van der Waals surface area contributed by atoms with Crippen LogP contribution in [0.25, 0.3) is 21.9 Å². The predicted octanol–water partition coefficient (Wildman–Crippen LogP) is 4.34. The molecule has 0 heterocycles. The summed E-state index contributed by atoms with van der Waals surface area (Å²) in [6.07, 6.45) is 0. The molecule has 0 spiro atoms. The first-order valence-corrected chi connectivity index (χ1v) is 6.31. The van der Waals surface area contributed by atoms with Crippen molar-refractivity contribution in [3.05, 3.63) is 66.2 Å². The summed E-state index contributed by atoms with van der Waals surface area (Å²) in [5, 5.41) is 12.1. The van der Waals surface area contributed by atoms with Crippen molar-refractivity contribution in [1.82, 2.24) is 0 Å². The number of hydrogen-bond acceptors (Lipinski definition) is 2. The van der Waals surface area contributed by atoms with Gasteiger partial charge in [-0.2, -0.15) is 0 Å². The van der Waals surface area contributed by atoms with Crippen LogP contribution in [-0.4, -0.2) is 11.9 Å². The molecular formula is C18H16O2. The van der Waals surface area contributed by atoms with Crippen molar-refractivity contribution in [2.75, 3.05) is 0 Å². The van der Waals surface area contributed by atoms with Gasteiger partial charge in [-0.05, 0) is 52.6 Å². The van der Waals surface area contributed by atoms with Crippen molar-refractivity contribution in [2.24, 2.45) is 0 Å². The van der Waals surface area contributed by atoms with Crippen molar-refractivity contribution in [2.45, 2.75) is 6.92 Å². The van der Waals surface area contributed by atoms with E-state index in [0.717, 1.165) is 16.7 Å². The molecule has 0 unspecified atom stereocenters. The molecule has 0 aliphatic carbocycles. The highest BCUT2D eigenvalue weighted by Crippen LogP contribution is 2.28. The summed E-state index contributed by atoms with van der Waals surface area (Å²) in [4.78, 5) is 8.00. The smallest absolute Gasteiger partial charge is 0.116 e. The third-order valence-electron chi connectivity index (χ3n) is 3.14. The molecule has 0 saturated heterocycles. The monoisotopic (exact) mass is 264 g/mol. The summed E-state index contributed by atoms with van der Waals surface area (Å²) >= 11 is 0. The Labute approximate surface area is 118 Å². The largest absolute Gasteiger partial charge is 0.508 e. The van der Waals surface area contributed by atoms with E-state index in [9.17, 15) is 5.11 Å². The standard InChI is InChI=1S/C17H14O.CH2O/c1-12-8-16(11-17(18)9-12)15-7-6-13-4-2-3-5-14(13)10-15;1-2/h2-11,18H,1H3;1H2. The van der Waals surface area contributed by atoms with Crippen LogP contribution in [0.1, 0.15) is 5.56 Å². The molecule has 2 heteroatoms. The van der Waals surface area contributed by atoms with Gasteiger partial charge in [0.1, 0.15) is 12.5 Å². The minimum absolute atomic E-state index is 0.318. The van der Waals surface area contributed by atoms with E-state index in [2.05, 4.69) is 36.4 Å². The number of carbonyl (C=O) groups excluding carboxylic acids is 1. The first-order chi connectivity index (χ1) is 9.72. The quantitative estimate of drug-likeness (QED) is 0.710. The van der Waals surface area contributed by atoms with E-state index >= 15 is 0 Å². The maximum absolute atomic E-state index is 9.67. The lowest BCUT2D eigenvalue weighted by Crippen LogP contribution is -1.81. The topological polar surface area (TPSA) is 37.3 Å². The molecule has 0 radical (unpaired) electrons. The van der Waals surface area contributed by atoms with Gasteiger partial charge in [-0.25, -0.2) is 0 Å². The molecule has 0 atom stereocenters. The van der Waals surface area contributed by atoms with E-state index < -0.39 is 0 Å². The molecule has 1 N–H and O–H groups in total. The Hall–Kier alpha value is -2.61. The Morgan fingerprint density at radius 3 is 2.20 bits per heavy atom. The van der Waals surface area contributed by atoms with E-state index in [0.29, 0.717) is 5.75 Å². The van der Waals surface area contributed by atoms with Gasteiger partial charge in [0, 0.05) is 0 Å². The van der Waals surface area contributed by atoms with Gasteiger partial charge in [0.2, 0.25) is 0 Å². The number of benzene rings is 3. The minimum Gasteiger partial charge on any atom is -0.508 e. The van der Waals surface area contributed by atoms with Crippen LogP contribution in [0.5, 0.6) is 5.75 Å². The number of phenolic OH excluding ortho intramolecular Hbond substituents is 1. The molecule has 0 aromatic heterocycles. The van der Waals surface area contributed by atoms with Crippen molar-refractivity contribution in [3.63, 3.8) is 0 Å². The van der Waals surface area contributed by atoms with Crippen LogP contribution in [0.15, 0.2) is 60.7 Å². The van der Waals surface area contributed by atoms with Crippen LogP contribution < -0.4 is 0 Å². The maximum atomic E-state index is 9.67. The highest BCUT2D eigenvalue weighted by Gasteiger charge is 2.02. The Balaban J connectivity index is 0.000000704. The predicted molar refractivity (Wildman–Crippen MR) is 82.9 cm³/mol. The van der Waals surface area contributed by atoms with E-state index in [1.54, 1.807) is 12.1 Å². The lowest BCUT2D eigenvalue weighted by Gasteiger charge is -2.06. The second kappa shape index (κ2) is 6.02. The molecule has 20 heavy (non-hydrogen) atoms. The second-order valence-electron chi connectivity index (χ2n) is 4.62. The van der Waals surface area contributed by atoms with Crippen LogP contribution in [0, 0.1) is 6.92 Å². The number of carbonyl (C=O) groups is 1. The summed E-state index contributed by atoms with van der Waals surface area (Å²) in [5.74, 6) is 0.318. The number of rotatable bonds is 1. The van der Waals surface area contributed by atoms with Gasteiger partial charge in [-0.3, -0.25) is 0 Å². The summed E-state index contributed by atoms with van der Waals surface area (Å²) in [7, 11) is 0. The zero-order valence-corrected chi connectivity index (χ0v) is 11.3. The molecule has 0 aliphatic rings. The van der Waals surface area contributed by atoms with Gasteiger partial charge in [0.05, 0.1) is 0 Å². The molecule has 3 aromatic carbocycles. The first-order valence-electron chi connectivity index (χ1n) is 6.31. The molecular weight excluding hydrogens is 248 g/mol. The van der Waals surface area contributed by atoms with Crippen LogP contribution in [0.3, 0.4) is 0 Å². The fourth-order valence-electron chi connectivity index (χ4n) is 2.30. The molecule has 3 rings (SSSR count).